The molecular formula is C13H13N5S. The number of nitrogens with two attached hydrogens (primary N) is 1. The first kappa shape index (κ1) is 11.9. The molecule has 0 aliphatic heterocycles. The molecule has 0 amide bonds. The standard InChI is InChI=1S/C13H13N5S/c1-8-10(11(14)19-17-8)13-15-12(16-18(13)2)9-6-4-3-5-7-9/h3-7H,14H2,1-2H3. The van der Waals surface area contributed by atoms with Crippen molar-refractivity contribution in [2.45, 2.75) is 6.92 Å². The fraction of sp³-hybridized carbons (Fsp3) is 0.154. The molecule has 2 heterocycles. The molecule has 5 nitrogen and oxygen atoms in total. The van der Waals surface area contributed by atoms with Crippen LogP contribution in [0.25, 0.3) is 22.8 Å². The first-order valence-corrected chi connectivity index (χ1v) is 6.62. The maximum absolute atomic E-state index is 5.97. The van der Waals surface area contributed by atoms with E-state index in [1.807, 2.05) is 44.3 Å². The Balaban J connectivity index is 2.13. The quantitative estimate of drug-likeness (QED) is 0.777. The first-order valence-electron chi connectivity index (χ1n) is 5.85. The number of aryl methyl sites for hydroxylation is 2. The summed E-state index contributed by atoms with van der Waals surface area (Å²) in [6, 6.07) is 9.88. The maximum atomic E-state index is 5.97. The van der Waals surface area contributed by atoms with Gasteiger partial charge in [-0.3, -0.25) is 0 Å². The van der Waals surface area contributed by atoms with E-state index in [4.69, 9.17) is 5.73 Å². The zero-order chi connectivity index (χ0) is 13.4. The van der Waals surface area contributed by atoms with Crippen LogP contribution in [0.5, 0.6) is 0 Å². The molecule has 0 bridgehead atoms. The molecule has 0 spiro atoms. The smallest absolute Gasteiger partial charge is 0.181 e. The van der Waals surface area contributed by atoms with Crippen LogP contribution in [0.2, 0.25) is 0 Å². The third-order valence-corrected chi connectivity index (χ3v) is 3.67. The largest absolute Gasteiger partial charge is 0.389 e. The second-order valence-electron chi connectivity index (χ2n) is 4.26. The van der Waals surface area contributed by atoms with Crippen LogP contribution in [0.3, 0.4) is 0 Å². The van der Waals surface area contributed by atoms with Crippen LogP contribution in [0.15, 0.2) is 30.3 Å². The van der Waals surface area contributed by atoms with Crippen molar-refractivity contribution in [1.82, 2.24) is 19.1 Å². The van der Waals surface area contributed by atoms with Gasteiger partial charge in [-0.2, -0.15) is 9.47 Å². The SMILES string of the molecule is Cc1nsc(N)c1-c1nc(-c2ccccc2)nn1C. The molecular weight excluding hydrogens is 258 g/mol. The number of benzene rings is 1. The van der Waals surface area contributed by atoms with Crippen molar-refractivity contribution in [3.63, 3.8) is 0 Å². The molecule has 0 fully saturated rings. The maximum Gasteiger partial charge on any atom is 0.181 e. The highest BCUT2D eigenvalue weighted by atomic mass is 32.1. The predicted octanol–water partition coefficient (Wildman–Crippen LogP) is 2.50. The Kier molecular flexibility index (Phi) is 2.79. The first-order chi connectivity index (χ1) is 9.16. The van der Waals surface area contributed by atoms with Crippen LogP contribution < -0.4 is 5.73 Å². The molecule has 3 rings (SSSR count). The highest BCUT2D eigenvalue weighted by Gasteiger charge is 2.17. The molecule has 1 aromatic carbocycles. The summed E-state index contributed by atoms with van der Waals surface area (Å²) in [4.78, 5) is 4.58. The van der Waals surface area contributed by atoms with Gasteiger partial charge in [-0.15, -0.1) is 0 Å². The molecule has 0 saturated carbocycles. The summed E-state index contributed by atoms with van der Waals surface area (Å²) in [6.07, 6.45) is 0. The van der Waals surface area contributed by atoms with E-state index in [1.165, 1.54) is 11.5 Å². The molecule has 6 heteroatoms. The molecule has 19 heavy (non-hydrogen) atoms. The van der Waals surface area contributed by atoms with Gasteiger partial charge in [0.2, 0.25) is 0 Å². The van der Waals surface area contributed by atoms with E-state index in [0.717, 1.165) is 22.6 Å². The van der Waals surface area contributed by atoms with Gasteiger partial charge in [0.05, 0.1) is 11.3 Å². The van der Waals surface area contributed by atoms with Crippen molar-refractivity contribution in [1.29, 1.82) is 0 Å². The summed E-state index contributed by atoms with van der Waals surface area (Å²) in [6.45, 7) is 1.93. The average Bonchev–Trinajstić information content (AvgIpc) is 2.94. The number of hydrogen-bond donors (Lipinski definition) is 1. The van der Waals surface area contributed by atoms with Crippen molar-refractivity contribution in [3.05, 3.63) is 36.0 Å². The summed E-state index contributed by atoms with van der Waals surface area (Å²) < 4.78 is 6.00. The minimum absolute atomic E-state index is 0.674. The molecule has 2 aromatic heterocycles. The minimum atomic E-state index is 0.674. The summed E-state index contributed by atoms with van der Waals surface area (Å²) in [5.41, 5.74) is 8.72. The van der Waals surface area contributed by atoms with Gasteiger partial charge in [0.15, 0.2) is 11.6 Å². The molecule has 0 saturated heterocycles. The molecule has 0 aliphatic rings. The Morgan fingerprint density at radius 3 is 2.58 bits per heavy atom. The average molecular weight is 271 g/mol. The number of nitrogens with zero attached hydrogens (tertiary/aromatic N) is 4. The van der Waals surface area contributed by atoms with Gasteiger partial charge in [0, 0.05) is 12.6 Å². The Morgan fingerprint density at radius 2 is 1.95 bits per heavy atom. The lowest BCUT2D eigenvalue weighted by Crippen LogP contribution is -1.97. The van der Waals surface area contributed by atoms with Crippen molar-refractivity contribution in [2.75, 3.05) is 5.73 Å². The Labute approximate surface area is 114 Å². The summed E-state index contributed by atoms with van der Waals surface area (Å²) >= 11 is 1.29. The van der Waals surface area contributed by atoms with Crippen molar-refractivity contribution < 1.29 is 0 Å². The van der Waals surface area contributed by atoms with Gasteiger partial charge in [-0.05, 0) is 18.5 Å². The Hall–Kier alpha value is -2.21. The van der Waals surface area contributed by atoms with Gasteiger partial charge in [0.1, 0.15) is 5.00 Å². The fourth-order valence-corrected chi connectivity index (χ4v) is 2.63. The highest BCUT2D eigenvalue weighted by Crippen LogP contribution is 2.31. The van der Waals surface area contributed by atoms with Gasteiger partial charge < -0.3 is 5.73 Å². The van der Waals surface area contributed by atoms with E-state index in [1.54, 1.807) is 4.68 Å². The number of nitrogen functional groups attached to an aromatic ring is 1. The van der Waals surface area contributed by atoms with Crippen molar-refractivity contribution in [2.24, 2.45) is 7.05 Å². The number of anilines is 1. The topological polar surface area (TPSA) is 69.6 Å². The predicted molar refractivity (Wildman–Crippen MR) is 76.7 cm³/mol. The Bertz CT molecular complexity index is 694. The van der Waals surface area contributed by atoms with E-state index < -0.39 is 0 Å². The zero-order valence-corrected chi connectivity index (χ0v) is 11.5. The third-order valence-electron chi connectivity index (χ3n) is 2.91. The number of rotatable bonds is 2. The van der Waals surface area contributed by atoms with Crippen LogP contribution in [0.1, 0.15) is 5.69 Å². The fourth-order valence-electron chi connectivity index (χ4n) is 1.97. The lowest BCUT2D eigenvalue weighted by molar-refractivity contribution is 0.777. The lowest BCUT2D eigenvalue weighted by atomic mass is 10.2. The zero-order valence-electron chi connectivity index (χ0n) is 10.7. The van der Waals surface area contributed by atoms with E-state index in [2.05, 4.69) is 14.5 Å². The molecule has 0 unspecified atom stereocenters. The van der Waals surface area contributed by atoms with E-state index >= 15 is 0 Å². The molecule has 2 N–H and O–H groups in total. The van der Waals surface area contributed by atoms with Gasteiger partial charge >= 0.3 is 0 Å². The summed E-state index contributed by atoms with van der Waals surface area (Å²) in [7, 11) is 1.87. The Morgan fingerprint density at radius 1 is 1.21 bits per heavy atom. The summed E-state index contributed by atoms with van der Waals surface area (Å²) in [5, 5.41) is 5.12. The van der Waals surface area contributed by atoms with Gasteiger partial charge in [-0.1, -0.05) is 30.3 Å². The van der Waals surface area contributed by atoms with Crippen LogP contribution in [-0.4, -0.2) is 19.1 Å². The van der Waals surface area contributed by atoms with Gasteiger partial charge in [0.25, 0.3) is 0 Å². The minimum Gasteiger partial charge on any atom is -0.389 e. The number of hydrogen-bond acceptors (Lipinski definition) is 5. The highest BCUT2D eigenvalue weighted by molar-refractivity contribution is 7.10. The second kappa shape index (κ2) is 4.47. The third kappa shape index (κ3) is 2.00. The van der Waals surface area contributed by atoms with Crippen LogP contribution in [0, 0.1) is 6.92 Å². The molecule has 3 aromatic rings. The second-order valence-corrected chi connectivity index (χ2v) is 5.06. The lowest BCUT2D eigenvalue weighted by Gasteiger charge is -1.98. The molecule has 0 atom stereocenters. The van der Waals surface area contributed by atoms with E-state index in [9.17, 15) is 0 Å². The van der Waals surface area contributed by atoms with Crippen LogP contribution >= 0.6 is 11.5 Å². The van der Waals surface area contributed by atoms with Crippen LogP contribution in [-0.2, 0) is 7.05 Å². The van der Waals surface area contributed by atoms with Gasteiger partial charge in [-0.25, -0.2) is 9.67 Å². The molecule has 0 radical (unpaired) electrons. The van der Waals surface area contributed by atoms with Crippen LogP contribution in [0.4, 0.5) is 5.00 Å². The molecule has 96 valence electrons. The summed E-state index contributed by atoms with van der Waals surface area (Å²) in [5.74, 6) is 1.45. The van der Waals surface area contributed by atoms with Crippen molar-refractivity contribution in [3.8, 4) is 22.8 Å². The normalized spacial score (nSPS) is 10.8. The number of aromatic nitrogens is 4. The van der Waals surface area contributed by atoms with E-state index in [0.29, 0.717) is 10.8 Å². The monoisotopic (exact) mass is 271 g/mol. The molecule has 0 aliphatic carbocycles. The van der Waals surface area contributed by atoms with Crippen molar-refractivity contribution >= 4 is 16.5 Å². The van der Waals surface area contributed by atoms with E-state index in [-0.39, 0.29) is 0 Å².